The van der Waals surface area contributed by atoms with Crippen LogP contribution in [0, 0.1) is 0 Å². The molecule has 0 spiro atoms. The van der Waals surface area contributed by atoms with E-state index in [-0.39, 0.29) is 5.54 Å². The predicted octanol–water partition coefficient (Wildman–Crippen LogP) is 3.23. The van der Waals surface area contributed by atoms with Gasteiger partial charge in [0.15, 0.2) is 0 Å². The first-order valence-corrected chi connectivity index (χ1v) is 7.67. The number of anilines is 1. The second-order valence-corrected chi connectivity index (χ2v) is 5.77. The third-order valence-corrected chi connectivity index (χ3v) is 3.73. The lowest BCUT2D eigenvalue weighted by Crippen LogP contribution is -2.20. The van der Waals surface area contributed by atoms with Crippen molar-refractivity contribution in [3.8, 4) is 0 Å². The Morgan fingerprint density at radius 1 is 1.08 bits per heavy atom. The van der Waals surface area contributed by atoms with Crippen LogP contribution in [0.5, 0.6) is 0 Å². The van der Waals surface area contributed by atoms with Gasteiger partial charge >= 0.3 is 0 Å². The van der Waals surface area contributed by atoms with Gasteiger partial charge in [0.05, 0.1) is 11.2 Å². The van der Waals surface area contributed by atoms with Crippen molar-refractivity contribution in [3.63, 3.8) is 0 Å². The Labute approximate surface area is 145 Å². The number of nitrogens with zero attached hydrogens (tertiary/aromatic N) is 2. The van der Waals surface area contributed by atoms with Crippen LogP contribution in [0.1, 0.15) is 24.0 Å². The highest BCUT2D eigenvalue weighted by molar-refractivity contribution is 5.58. The zero-order valence-electron chi connectivity index (χ0n) is 13.8. The van der Waals surface area contributed by atoms with Gasteiger partial charge < -0.3 is 16.8 Å². The van der Waals surface area contributed by atoms with E-state index in [0.717, 1.165) is 18.4 Å². The summed E-state index contributed by atoms with van der Waals surface area (Å²) in [4.78, 5) is 8.58. The van der Waals surface area contributed by atoms with Crippen LogP contribution in [-0.4, -0.2) is 16.4 Å². The minimum absolute atomic E-state index is 0.00248. The highest BCUT2D eigenvalue weighted by Crippen LogP contribution is 2.47. The summed E-state index contributed by atoms with van der Waals surface area (Å²) >= 11 is 0. The van der Waals surface area contributed by atoms with Gasteiger partial charge in [0.2, 0.25) is 5.95 Å². The van der Waals surface area contributed by atoms with Gasteiger partial charge in [-0.25, -0.2) is 18.7 Å². The molecule has 0 aliphatic heterocycles. The first-order valence-electron chi connectivity index (χ1n) is 7.67. The van der Waals surface area contributed by atoms with Crippen LogP contribution >= 0.6 is 0 Å². The van der Waals surface area contributed by atoms with Gasteiger partial charge in [-0.05, 0) is 18.4 Å². The predicted molar refractivity (Wildman–Crippen MR) is 95.6 cm³/mol. The third-order valence-electron chi connectivity index (χ3n) is 3.73. The summed E-state index contributed by atoms with van der Waals surface area (Å²) in [6, 6.07) is 10.4. The number of benzene rings is 1. The molecule has 2 aromatic rings. The van der Waals surface area contributed by atoms with E-state index in [0.29, 0.717) is 11.6 Å². The van der Waals surface area contributed by atoms with E-state index in [9.17, 15) is 8.78 Å². The average molecular weight is 345 g/mol. The van der Waals surface area contributed by atoms with Crippen molar-refractivity contribution in [2.75, 3.05) is 5.32 Å². The second-order valence-electron chi connectivity index (χ2n) is 5.77. The van der Waals surface area contributed by atoms with Gasteiger partial charge in [0, 0.05) is 23.7 Å². The summed E-state index contributed by atoms with van der Waals surface area (Å²) in [7, 11) is 0. The molecule has 1 aliphatic carbocycles. The molecule has 5 nitrogen and oxygen atoms in total. The topological polar surface area (TPSA) is 89.9 Å². The lowest BCUT2D eigenvalue weighted by molar-refractivity contribution is 0.188. The normalized spacial score (nSPS) is 14.2. The number of aromatic nitrogens is 2. The average Bonchev–Trinajstić information content (AvgIpc) is 3.37. The molecule has 25 heavy (non-hydrogen) atoms. The lowest BCUT2D eigenvalue weighted by Gasteiger charge is -2.17. The van der Waals surface area contributed by atoms with Crippen molar-refractivity contribution >= 4 is 11.6 Å². The molecule has 1 aromatic heterocycles. The minimum atomic E-state index is -2.56. The van der Waals surface area contributed by atoms with Crippen molar-refractivity contribution in [2.24, 2.45) is 11.5 Å². The fraction of sp³-hybridized carbons (Fsp3) is 0.222. The number of rotatable bonds is 5. The molecule has 1 aliphatic rings. The molecule has 1 saturated carbocycles. The maximum atomic E-state index is 10.9. The van der Waals surface area contributed by atoms with Crippen LogP contribution in [0.4, 0.5) is 14.7 Å². The van der Waals surface area contributed by atoms with E-state index in [1.165, 1.54) is 5.56 Å². The molecule has 1 heterocycles. The van der Waals surface area contributed by atoms with Crippen LogP contribution in [0.3, 0.4) is 0 Å². The molecule has 5 N–H and O–H groups in total. The number of alkyl halides is 2. The van der Waals surface area contributed by atoms with Gasteiger partial charge in [0.1, 0.15) is 0 Å². The molecule has 7 heteroatoms. The molecule has 132 valence electrons. The van der Waals surface area contributed by atoms with Crippen LogP contribution in [-0.2, 0) is 5.54 Å². The number of hydrogen-bond acceptors (Lipinski definition) is 5. The van der Waals surface area contributed by atoms with Gasteiger partial charge in [0.25, 0.3) is 6.43 Å². The smallest absolute Gasteiger partial charge is 0.277 e. The summed E-state index contributed by atoms with van der Waals surface area (Å²) in [6.45, 7) is 6.45. The van der Waals surface area contributed by atoms with Crippen molar-refractivity contribution in [2.45, 2.75) is 24.8 Å². The maximum Gasteiger partial charge on any atom is 0.277 e. The number of nitrogens with one attached hydrogen (secondary N) is 1. The number of nitrogens with two attached hydrogens (primary N) is 2. The Morgan fingerprint density at radius 2 is 1.60 bits per heavy atom. The summed E-state index contributed by atoms with van der Waals surface area (Å²) in [6.07, 6.45) is 3.03. The van der Waals surface area contributed by atoms with Crippen molar-refractivity contribution in [1.82, 2.24) is 9.97 Å². The fourth-order valence-corrected chi connectivity index (χ4v) is 2.14. The molecule has 0 amide bonds. The van der Waals surface area contributed by atoms with Gasteiger partial charge in [-0.1, -0.05) is 43.5 Å². The third kappa shape index (κ3) is 5.00. The van der Waals surface area contributed by atoms with Crippen LogP contribution in [0.2, 0.25) is 0 Å². The van der Waals surface area contributed by atoms with E-state index in [2.05, 4.69) is 58.4 Å². The van der Waals surface area contributed by atoms with E-state index < -0.39 is 12.1 Å². The fourth-order valence-electron chi connectivity index (χ4n) is 2.14. The van der Waals surface area contributed by atoms with Crippen LogP contribution < -0.4 is 16.8 Å². The van der Waals surface area contributed by atoms with Crippen molar-refractivity contribution < 1.29 is 8.78 Å². The lowest BCUT2D eigenvalue weighted by atomic mass is 10.1. The molecule has 0 bridgehead atoms. The molecule has 0 saturated heterocycles. The maximum absolute atomic E-state index is 10.9. The Kier molecular flexibility index (Phi) is 5.69. The van der Waals surface area contributed by atoms with Crippen LogP contribution in [0.15, 0.2) is 61.6 Å². The summed E-state index contributed by atoms with van der Waals surface area (Å²) in [5.74, 6) is 0.631. The molecular formula is C18H21F2N5. The Balaban J connectivity index is 0.000000326. The van der Waals surface area contributed by atoms with E-state index in [4.69, 9.17) is 5.73 Å². The molecule has 0 unspecified atom stereocenters. The highest BCUT2D eigenvalue weighted by atomic mass is 19.3. The molecule has 1 fully saturated rings. The zero-order chi connectivity index (χ0) is 18.4. The number of halogens is 2. The number of hydrogen-bond donors (Lipinski definition) is 3. The number of allylic oxidation sites excluding steroid dienone is 1. The zero-order valence-corrected chi connectivity index (χ0v) is 13.8. The Hall–Kier alpha value is -2.96. The van der Waals surface area contributed by atoms with Crippen molar-refractivity contribution in [3.05, 3.63) is 72.7 Å². The SMILES string of the molecule is C=C(N)C(F)F.C=C(N)c1cnc(NC2(c3ccccc3)CC2)nc1. The molecule has 0 radical (unpaired) electrons. The second kappa shape index (κ2) is 7.74. The van der Waals surface area contributed by atoms with E-state index >= 15 is 0 Å². The largest absolute Gasteiger partial charge is 0.399 e. The van der Waals surface area contributed by atoms with Crippen LogP contribution in [0.25, 0.3) is 5.70 Å². The van der Waals surface area contributed by atoms with Gasteiger partial charge in [-0.15, -0.1) is 0 Å². The minimum Gasteiger partial charge on any atom is -0.399 e. The highest BCUT2D eigenvalue weighted by Gasteiger charge is 2.44. The van der Waals surface area contributed by atoms with E-state index in [1.807, 2.05) is 6.07 Å². The Morgan fingerprint density at radius 3 is 2.00 bits per heavy atom. The van der Waals surface area contributed by atoms with Gasteiger partial charge in [-0.3, -0.25) is 0 Å². The molecular weight excluding hydrogens is 324 g/mol. The monoisotopic (exact) mass is 345 g/mol. The van der Waals surface area contributed by atoms with E-state index in [1.54, 1.807) is 12.4 Å². The first-order chi connectivity index (χ1) is 11.8. The molecule has 1 aromatic carbocycles. The summed E-state index contributed by atoms with van der Waals surface area (Å²) < 4.78 is 21.9. The summed E-state index contributed by atoms with van der Waals surface area (Å²) in [5.41, 5.74) is 12.0. The van der Waals surface area contributed by atoms with Gasteiger partial charge in [-0.2, -0.15) is 0 Å². The molecule has 3 rings (SSSR count). The Bertz CT molecular complexity index is 725. The van der Waals surface area contributed by atoms with Crippen molar-refractivity contribution in [1.29, 1.82) is 0 Å². The quantitative estimate of drug-likeness (QED) is 0.774. The first kappa shape index (κ1) is 18.4. The standard InChI is InChI=1S/C15H16N4.C3H5F2N/c1-11(16)12-9-17-14(18-10-12)19-15(7-8-15)13-5-3-2-4-6-13;1-2(6)3(4)5/h2-6,9-10H,1,7-8,16H2,(H,17,18,19);3H,1,6H2. The molecule has 0 atom stereocenters. The summed E-state index contributed by atoms with van der Waals surface area (Å²) in [5, 5.41) is 3.42.